The first kappa shape index (κ1) is 17.7. The minimum absolute atomic E-state index is 0.838. The van der Waals surface area contributed by atoms with E-state index in [1.54, 1.807) is 0 Å². The number of aromatic nitrogens is 2. The monoisotopic (exact) mass is 366 g/mol. The molecule has 28 heavy (non-hydrogen) atoms. The zero-order valence-electron chi connectivity index (χ0n) is 15.6. The predicted octanol–water partition coefficient (Wildman–Crippen LogP) is 4.77. The molecular weight excluding hydrogens is 344 g/mol. The maximum atomic E-state index is 4.34. The highest BCUT2D eigenvalue weighted by molar-refractivity contribution is 5.36. The molecule has 0 amide bonds. The molecule has 0 aliphatic rings. The second kappa shape index (κ2) is 8.82. The molecule has 0 aliphatic heterocycles. The molecule has 0 saturated carbocycles. The molecule has 2 aromatic heterocycles. The van der Waals surface area contributed by atoms with E-state index >= 15 is 0 Å². The summed E-state index contributed by atoms with van der Waals surface area (Å²) in [6.45, 7) is 1.69. The van der Waals surface area contributed by atoms with Crippen LogP contribution in [0.3, 0.4) is 0 Å². The molecule has 4 nitrogen and oxygen atoms in total. The zero-order valence-corrected chi connectivity index (χ0v) is 15.6. The number of pyridine rings is 2. The largest absolute Gasteiger partial charge is 0.201 e. The number of nitrogens with zero attached hydrogens (tertiary/aromatic N) is 4. The Kier molecular flexibility index (Phi) is 5.59. The zero-order chi connectivity index (χ0) is 19.0. The van der Waals surface area contributed by atoms with Crippen LogP contribution in [-0.4, -0.2) is 0 Å². The molecular formula is C24H22N4+2. The number of hydrogen-bond acceptors (Lipinski definition) is 2. The van der Waals surface area contributed by atoms with Crippen molar-refractivity contribution in [2.75, 3.05) is 0 Å². The summed E-state index contributed by atoms with van der Waals surface area (Å²) in [7, 11) is 0. The normalized spacial score (nSPS) is 11.0. The van der Waals surface area contributed by atoms with Gasteiger partial charge >= 0.3 is 0 Å². The first-order valence-corrected chi connectivity index (χ1v) is 9.33. The SMILES string of the molecule is c1ccc(C[n+]2ccc(N=Nc3cc[n+](Cc4ccccc4)cc3)cc2)cc1. The van der Waals surface area contributed by atoms with Crippen molar-refractivity contribution in [1.29, 1.82) is 0 Å². The van der Waals surface area contributed by atoms with Gasteiger partial charge in [0, 0.05) is 35.4 Å². The Morgan fingerprint density at radius 3 is 1.18 bits per heavy atom. The number of azo groups is 1. The summed E-state index contributed by atoms with van der Waals surface area (Å²) in [5, 5.41) is 8.68. The topological polar surface area (TPSA) is 32.5 Å². The fraction of sp³-hybridized carbons (Fsp3) is 0.0833. The first-order chi connectivity index (χ1) is 13.8. The summed E-state index contributed by atoms with van der Waals surface area (Å²) >= 11 is 0. The Hall–Kier alpha value is -3.66. The number of rotatable bonds is 6. The molecule has 0 unspecified atom stereocenters. The highest BCUT2D eigenvalue weighted by Gasteiger charge is 2.04. The van der Waals surface area contributed by atoms with Gasteiger partial charge in [-0.15, -0.1) is 0 Å². The van der Waals surface area contributed by atoms with Gasteiger partial charge in [-0.2, -0.15) is 10.2 Å². The minimum atomic E-state index is 0.838. The molecule has 0 radical (unpaired) electrons. The van der Waals surface area contributed by atoms with Crippen molar-refractivity contribution in [3.63, 3.8) is 0 Å². The van der Waals surface area contributed by atoms with E-state index in [-0.39, 0.29) is 0 Å². The van der Waals surface area contributed by atoms with Gasteiger partial charge < -0.3 is 0 Å². The van der Waals surface area contributed by atoms with Crippen LogP contribution in [0.5, 0.6) is 0 Å². The third-order valence-electron chi connectivity index (χ3n) is 4.44. The van der Waals surface area contributed by atoms with E-state index in [1.807, 2.05) is 61.2 Å². The van der Waals surface area contributed by atoms with Gasteiger partial charge in [-0.25, -0.2) is 9.13 Å². The van der Waals surface area contributed by atoms with Gasteiger partial charge in [-0.1, -0.05) is 60.7 Å². The van der Waals surface area contributed by atoms with E-state index in [9.17, 15) is 0 Å². The fourth-order valence-corrected chi connectivity index (χ4v) is 2.95. The summed E-state index contributed by atoms with van der Waals surface area (Å²) in [6.07, 6.45) is 8.11. The lowest BCUT2D eigenvalue weighted by molar-refractivity contribution is -0.688. The average molecular weight is 366 g/mol. The second-order valence-corrected chi connectivity index (χ2v) is 6.63. The average Bonchev–Trinajstić information content (AvgIpc) is 2.76. The molecule has 0 bridgehead atoms. The van der Waals surface area contributed by atoms with Gasteiger partial charge in [0.1, 0.15) is 0 Å². The van der Waals surface area contributed by atoms with Crippen LogP contribution in [0.2, 0.25) is 0 Å². The highest BCUT2D eigenvalue weighted by Crippen LogP contribution is 2.15. The van der Waals surface area contributed by atoms with Gasteiger partial charge in [0.2, 0.25) is 0 Å². The van der Waals surface area contributed by atoms with E-state index in [1.165, 1.54) is 11.1 Å². The lowest BCUT2D eigenvalue weighted by atomic mass is 10.2. The van der Waals surface area contributed by atoms with Crippen molar-refractivity contribution in [3.8, 4) is 0 Å². The van der Waals surface area contributed by atoms with Gasteiger partial charge in [0.25, 0.3) is 0 Å². The van der Waals surface area contributed by atoms with E-state index in [4.69, 9.17) is 0 Å². The lowest BCUT2D eigenvalue weighted by Gasteiger charge is -1.98. The van der Waals surface area contributed by atoms with Crippen molar-refractivity contribution >= 4 is 11.4 Å². The van der Waals surface area contributed by atoms with Crippen LogP contribution >= 0.6 is 0 Å². The molecule has 0 saturated heterocycles. The Morgan fingerprint density at radius 2 is 0.821 bits per heavy atom. The van der Waals surface area contributed by atoms with Crippen LogP contribution in [0.15, 0.2) is 120 Å². The second-order valence-electron chi connectivity index (χ2n) is 6.63. The minimum Gasteiger partial charge on any atom is -0.201 e. The summed E-state index contributed by atoms with van der Waals surface area (Å²) in [6, 6.07) is 28.7. The molecule has 2 aromatic carbocycles. The van der Waals surface area contributed by atoms with Crippen molar-refractivity contribution < 1.29 is 9.13 Å². The molecule has 136 valence electrons. The molecule has 0 fully saturated rings. The highest BCUT2D eigenvalue weighted by atomic mass is 15.1. The summed E-state index contributed by atoms with van der Waals surface area (Å²) in [5.74, 6) is 0. The summed E-state index contributed by atoms with van der Waals surface area (Å²) in [4.78, 5) is 0. The van der Waals surface area contributed by atoms with Gasteiger partial charge in [0.15, 0.2) is 37.9 Å². The molecule has 4 rings (SSSR count). The number of hydrogen-bond donors (Lipinski definition) is 0. The standard InChI is InChI=1S/C24H22N4/c1-3-7-21(8-4-1)19-27-15-11-23(12-16-27)25-26-24-13-17-28(18-14-24)20-22-9-5-2-6-10-22/h1-18H,19-20H2/q+2. The van der Waals surface area contributed by atoms with Gasteiger partial charge in [-0.05, 0) is 0 Å². The summed E-state index contributed by atoms with van der Waals surface area (Å²) < 4.78 is 4.26. The van der Waals surface area contributed by atoms with Crippen molar-refractivity contribution in [1.82, 2.24) is 0 Å². The fourth-order valence-electron chi connectivity index (χ4n) is 2.95. The van der Waals surface area contributed by atoms with Crippen LogP contribution in [0.1, 0.15) is 11.1 Å². The maximum absolute atomic E-state index is 4.34. The smallest absolute Gasteiger partial charge is 0.173 e. The quantitative estimate of drug-likeness (QED) is 0.348. The Morgan fingerprint density at radius 1 is 0.464 bits per heavy atom. The molecule has 2 heterocycles. The predicted molar refractivity (Wildman–Crippen MR) is 109 cm³/mol. The van der Waals surface area contributed by atoms with Crippen LogP contribution in [0.4, 0.5) is 11.4 Å². The van der Waals surface area contributed by atoms with Crippen LogP contribution in [-0.2, 0) is 13.1 Å². The van der Waals surface area contributed by atoms with Crippen LogP contribution < -0.4 is 9.13 Å². The lowest BCUT2D eigenvalue weighted by Crippen LogP contribution is -2.32. The van der Waals surface area contributed by atoms with Gasteiger partial charge in [-0.3, -0.25) is 0 Å². The molecule has 4 heteroatoms. The van der Waals surface area contributed by atoms with Crippen LogP contribution in [0, 0.1) is 0 Å². The molecule has 0 N–H and O–H groups in total. The van der Waals surface area contributed by atoms with E-state index < -0.39 is 0 Å². The Balaban J connectivity index is 1.37. The Labute approximate surface area is 165 Å². The maximum Gasteiger partial charge on any atom is 0.173 e. The van der Waals surface area contributed by atoms with E-state index in [0.717, 1.165) is 24.5 Å². The first-order valence-electron chi connectivity index (χ1n) is 9.33. The van der Waals surface area contributed by atoms with E-state index in [2.05, 4.69) is 67.9 Å². The third-order valence-corrected chi connectivity index (χ3v) is 4.44. The molecule has 0 spiro atoms. The van der Waals surface area contributed by atoms with E-state index in [0.29, 0.717) is 0 Å². The Bertz CT molecular complexity index is 938. The molecule has 0 aliphatic carbocycles. The van der Waals surface area contributed by atoms with Crippen LogP contribution in [0.25, 0.3) is 0 Å². The molecule has 4 aromatic rings. The summed E-state index contributed by atoms with van der Waals surface area (Å²) in [5.41, 5.74) is 4.22. The van der Waals surface area contributed by atoms with Crippen molar-refractivity contribution in [2.24, 2.45) is 10.2 Å². The van der Waals surface area contributed by atoms with Crippen molar-refractivity contribution in [2.45, 2.75) is 13.1 Å². The third kappa shape index (κ3) is 4.95. The number of benzene rings is 2. The van der Waals surface area contributed by atoms with Crippen molar-refractivity contribution in [3.05, 3.63) is 121 Å². The van der Waals surface area contributed by atoms with Gasteiger partial charge in [0.05, 0.1) is 11.4 Å². The molecule has 0 atom stereocenters.